The third kappa shape index (κ3) is 2.02. The molecule has 0 aromatic heterocycles. The number of rotatable bonds is 3. The van der Waals surface area contributed by atoms with Gasteiger partial charge in [0.15, 0.2) is 0 Å². The lowest BCUT2D eigenvalue weighted by molar-refractivity contribution is 0.396. The van der Waals surface area contributed by atoms with Crippen LogP contribution in [0.4, 0.5) is 0 Å². The summed E-state index contributed by atoms with van der Waals surface area (Å²) in [4.78, 5) is 0. The van der Waals surface area contributed by atoms with Crippen molar-refractivity contribution in [2.45, 2.75) is 17.8 Å². The molecule has 64 valence electrons. The predicted octanol–water partition coefficient (Wildman–Crippen LogP) is 2.45. The van der Waals surface area contributed by atoms with Gasteiger partial charge in [-0.05, 0) is 12.0 Å². The van der Waals surface area contributed by atoms with E-state index in [1.807, 2.05) is 18.2 Å². The van der Waals surface area contributed by atoms with E-state index in [2.05, 4.69) is 24.8 Å². The van der Waals surface area contributed by atoms with Crippen LogP contribution >= 0.6 is 12.6 Å². The fourth-order valence-corrected chi connectivity index (χ4v) is 1.67. The summed E-state index contributed by atoms with van der Waals surface area (Å²) in [6.07, 6.45) is 1.50. The van der Waals surface area contributed by atoms with E-state index in [-0.39, 0.29) is 0 Å². The highest BCUT2D eigenvalue weighted by atomic mass is 32.1. The quantitative estimate of drug-likeness (QED) is 0.556. The first-order chi connectivity index (χ1) is 5.86. The van der Waals surface area contributed by atoms with Crippen molar-refractivity contribution in [1.82, 2.24) is 0 Å². The van der Waals surface area contributed by atoms with Crippen molar-refractivity contribution < 1.29 is 4.74 Å². The van der Waals surface area contributed by atoms with Crippen LogP contribution in [-0.4, -0.2) is 12.7 Å². The smallest absolute Gasteiger partial charge is 0.0823 e. The second-order valence-electron chi connectivity index (χ2n) is 3.12. The summed E-state index contributed by atoms with van der Waals surface area (Å²) < 4.78 is 5.15. The van der Waals surface area contributed by atoms with Crippen LogP contribution in [0.15, 0.2) is 30.3 Å². The summed E-state index contributed by atoms with van der Waals surface area (Å²) in [6.45, 7) is 0.921. The van der Waals surface area contributed by atoms with Crippen LogP contribution in [0.1, 0.15) is 17.2 Å². The summed E-state index contributed by atoms with van der Waals surface area (Å²) >= 11 is 4.52. The van der Waals surface area contributed by atoms with Crippen molar-refractivity contribution in [3.8, 4) is 0 Å². The van der Waals surface area contributed by atoms with Crippen molar-refractivity contribution in [1.29, 1.82) is 0 Å². The summed E-state index contributed by atoms with van der Waals surface area (Å²) in [5, 5.41) is 0.332. The zero-order chi connectivity index (χ0) is 8.39. The molecule has 2 heteroatoms. The minimum atomic E-state index is 0.332. The van der Waals surface area contributed by atoms with Gasteiger partial charge in [0.1, 0.15) is 0 Å². The van der Waals surface area contributed by atoms with Crippen LogP contribution in [0, 0.1) is 0 Å². The minimum Gasteiger partial charge on any atom is -0.373 e. The molecule has 2 unspecified atom stereocenters. The molecule has 1 aliphatic heterocycles. The molecule has 12 heavy (non-hydrogen) atoms. The molecule has 1 fully saturated rings. The molecule has 0 radical (unpaired) electrons. The standard InChI is InChI=1S/C10H12OS/c12-10(6-9-7-11-9)8-4-2-1-3-5-8/h1-5,9-10,12H,6-7H2. The van der Waals surface area contributed by atoms with E-state index in [1.165, 1.54) is 5.56 Å². The van der Waals surface area contributed by atoms with Gasteiger partial charge >= 0.3 is 0 Å². The molecule has 0 bridgehead atoms. The Hall–Kier alpha value is -0.470. The van der Waals surface area contributed by atoms with Crippen LogP contribution in [0.2, 0.25) is 0 Å². The molecule has 2 atom stereocenters. The normalized spacial score (nSPS) is 23.6. The maximum Gasteiger partial charge on any atom is 0.0823 e. The van der Waals surface area contributed by atoms with E-state index >= 15 is 0 Å². The third-order valence-corrected chi connectivity index (χ3v) is 2.58. The molecular formula is C10H12OS. The lowest BCUT2D eigenvalue weighted by Gasteiger charge is -2.07. The Morgan fingerprint density at radius 3 is 2.67 bits per heavy atom. The molecule has 1 aliphatic rings. The van der Waals surface area contributed by atoms with Gasteiger partial charge in [0.25, 0.3) is 0 Å². The van der Waals surface area contributed by atoms with Gasteiger partial charge < -0.3 is 4.74 Å². The van der Waals surface area contributed by atoms with Gasteiger partial charge in [-0.25, -0.2) is 0 Å². The van der Waals surface area contributed by atoms with E-state index in [9.17, 15) is 0 Å². The lowest BCUT2D eigenvalue weighted by Crippen LogP contribution is -1.94. The van der Waals surface area contributed by atoms with Crippen LogP contribution in [0.3, 0.4) is 0 Å². The maximum atomic E-state index is 5.15. The lowest BCUT2D eigenvalue weighted by atomic mass is 10.1. The topological polar surface area (TPSA) is 12.5 Å². The van der Waals surface area contributed by atoms with E-state index < -0.39 is 0 Å². The Bertz CT molecular complexity index is 243. The first kappa shape index (κ1) is 8.14. The van der Waals surface area contributed by atoms with Crippen LogP contribution in [-0.2, 0) is 4.74 Å². The van der Waals surface area contributed by atoms with Crippen molar-refractivity contribution in [2.75, 3.05) is 6.61 Å². The number of epoxide rings is 1. The van der Waals surface area contributed by atoms with Crippen LogP contribution in [0.5, 0.6) is 0 Å². The Balaban J connectivity index is 1.98. The molecule has 0 N–H and O–H groups in total. The van der Waals surface area contributed by atoms with E-state index in [0.29, 0.717) is 11.4 Å². The zero-order valence-electron chi connectivity index (χ0n) is 6.81. The van der Waals surface area contributed by atoms with Crippen molar-refractivity contribution in [3.05, 3.63) is 35.9 Å². The van der Waals surface area contributed by atoms with Crippen LogP contribution in [0.25, 0.3) is 0 Å². The molecule has 1 nitrogen and oxygen atoms in total. The second kappa shape index (κ2) is 3.50. The third-order valence-electron chi connectivity index (χ3n) is 2.07. The molecule has 2 rings (SSSR count). The fourth-order valence-electron chi connectivity index (χ4n) is 1.26. The molecule has 1 aromatic rings. The number of hydrogen-bond acceptors (Lipinski definition) is 2. The van der Waals surface area contributed by atoms with Gasteiger partial charge in [-0.3, -0.25) is 0 Å². The summed E-state index contributed by atoms with van der Waals surface area (Å²) in [7, 11) is 0. The minimum absolute atomic E-state index is 0.332. The van der Waals surface area contributed by atoms with Crippen LogP contribution < -0.4 is 0 Å². The molecule has 0 aliphatic carbocycles. The van der Waals surface area contributed by atoms with Crippen molar-refractivity contribution >= 4 is 12.6 Å². The second-order valence-corrected chi connectivity index (χ2v) is 3.74. The average Bonchev–Trinajstić information content (AvgIpc) is 2.90. The molecule has 1 heterocycles. The molecule has 0 amide bonds. The fraction of sp³-hybridized carbons (Fsp3) is 0.400. The summed E-state index contributed by atoms with van der Waals surface area (Å²) in [5.41, 5.74) is 1.29. The maximum absolute atomic E-state index is 5.15. The highest BCUT2D eigenvalue weighted by molar-refractivity contribution is 7.80. The number of ether oxygens (including phenoxy) is 1. The highest BCUT2D eigenvalue weighted by Gasteiger charge is 2.25. The summed E-state index contributed by atoms with van der Waals surface area (Å²) in [5.74, 6) is 0. The first-order valence-electron chi connectivity index (χ1n) is 4.21. The Labute approximate surface area is 78.2 Å². The van der Waals surface area contributed by atoms with E-state index in [4.69, 9.17) is 4.74 Å². The van der Waals surface area contributed by atoms with E-state index in [1.54, 1.807) is 0 Å². The van der Waals surface area contributed by atoms with Gasteiger partial charge in [0.2, 0.25) is 0 Å². The van der Waals surface area contributed by atoms with Crippen molar-refractivity contribution in [3.63, 3.8) is 0 Å². The van der Waals surface area contributed by atoms with Gasteiger partial charge in [-0.1, -0.05) is 30.3 Å². The largest absolute Gasteiger partial charge is 0.373 e. The Morgan fingerprint density at radius 1 is 1.42 bits per heavy atom. The van der Waals surface area contributed by atoms with Crippen molar-refractivity contribution in [2.24, 2.45) is 0 Å². The SMILES string of the molecule is SC(CC1CO1)c1ccccc1. The Morgan fingerprint density at radius 2 is 2.08 bits per heavy atom. The Kier molecular flexibility index (Phi) is 2.38. The van der Waals surface area contributed by atoms with Gasteiger partial charge in [-0.2, -0.15) is 12.6 Å². The number of hydrogen-bond donors (Lipinski definition) is 1. The molecular weight excluding hydrogens is 168 g/mol. The molecule has 0 spiro atoms. The van der Waals surface area contributed by atoms with Gasteiger partial charge in [0.05, 0.1) is 12.7 Å². The van der Waals surface area contributed by atoms with Gasteiger partial charge in [-0.15, -0.1) is 0 Å². The van der Waals surface area contributed by atoms with Gasteiger partial charge in [0, 0.05) is 5.25 Å². The molecule has 1 saturated heterocycles. The molecule has 1 aromatic carbocycles. The average molecular weight is 180 g/mol. The molecule has 0 saturated carbocycles. The summed E-state index contributed by atoms with van der Waals surface area (Å²) in [6, 6.07) is 10.3. The highest BCUT2D eigenvalue weighted by Crippen LogP contribution is 2.29. The van der Waals surface area contributed by atoms with E-state index in [0.717, 1.165) is 13.0 Å². The first-order valence-corrected chi connectivity index (χ1v) is 4.72. The predicted molar refractivity (Wildman–Crippen MR) is 52.5 cm³/mol. The number of thiol groups is 1. The number of benzene rings is 1. The monoisotopic (exact) mass is 180 g/mol. The zero-order valence-corrected chi connectivity index (χ0v) is 7.71.